The van der Waals surface area contributed by atoms with Crippen LogP contribution in [0.2, 0.25) is 0 Å². The van der Waals surface area contributed by atoms with Crippen molar-refractivity contribution in [1.29, 1.82) is 0 Å². The van der Waals surface area contributed by atoms with Crippen LogP contribution in [0, 0.1) is 10.1 Å². The number of hydrogen-bond donors (Lipinski definition) is 0. The molecular formula is C37H27N5O3. The van der Waals surface area contributed by atoms with E-state index in [1.807, 2.05) is 77.8 Å². The molecule has 7 rings (SSSR count). The minimum atomic E-state index is -0.387. The molecule has 1 aliphatic rings. The standard InChI is InChI=1S/C37H27N5O3/c43-42(44)33-23-19-28(20-24-33)34-25-35(29-7-3-1-4-8-29)41(40-34)32-21-15-27(16-22-32)12-11-26-13-17-31(18-14-26)37-39-38-36(45-37)30-9-5-2-6-10-30/h1-24,35H,25H2/b12-11+. The molecule has 0 saturated heterocycles. The Morgan fingerprint density at radius 1 is 0.667 bits per heavy atom. The van der Waals surface area contributed by atoms with Crippen molar-refractivity contribution in [2.75, 3.05) is 5.01 Å². The second kappa shape index (κ2) is 12.2. The molecule has 0 bridgehead atoms. The van der Waals surface area contributed by atoms with Crippen LogP contribution in [0.15, 0.2) is 143 Å². The zero-order chi connectivity index (χ0) is 30.6. The number of benzene rings is 5. The zero-order valence-electron chi connectivity index (χ0n) is 24.1. The highest BCUT2D eigenvalue weighted by atomic mass is 16.6. The van der Waals surface area contributed by atoms with E-state index < -0.39 is 0 Å². The number of aromatic nitrogens is 2. The van der Waals surface area contributed by atoms with E-state index in [9.17, 15) is 10.1 Å². The van der Waals surface area contributed by atoms with E-state index in [0.29, 0.717) is 18.2 Å². The van der Waals surface area contributed by atoms with Gasteiger partial charge in [-0.1, -0.05) is 84.9 Å². The number of nitro groups is 1. The molecule has 0 radical (unpaired) electrons. The van der Waals surface area contributed by atoms with E-state index >= 15 is 0 Å². The van der Waals surface area contributed by atoms with Gasteiger partial charge in [0.1, 0.15) is 0 Å². The van der Waals surface area contributed by atoms with E-state index in [1.165, 1.54) is 12.1 Å². The van der Waals surface area contributed by atoms with Gasteiger partial charge in [0.05, 0.1) is 22.4 Å². The highest BCUT2D eigenvalue weighted by molar-refractivity contribution is 6.03. The monoisotopic (exact) mass is 589 g/mol. The van der Waals surface area contributed by atoms with Gasteiger partial charge < -0.3 is 4.42 Å². The molecule has 0 aliphatic carbocycles. The maximum Gasteiger partial charge on any atom is 0.269 e. The summed E-state index contributed by atoms with van der Waals surface area (Å²) >= 11 is 0. The average Bonchev–Trinajstić information content (AvgIpc) is 3.78. The lowest BCUT2D eigenvalue weighted by Crippen LogP contribution is -2.18. The second-order valence-electron chi connectivity index (χ2n) is 10.7. The first-order valence-electron chi connectivity index (χ1n) is 14.5. The van der Waals surface area contributed by atoms with Crippen LogP contribution < -0.4 is 5.01 Å². The number of nitro benzene ring substituents is 1. The van der Waals surface area contributed by atoms with Crippen LogP contribution in [0.5, 0.6) is 0 Å². The lowest BCUT2D eigenvalue weighted by molar-refractivity contribution is -0.384. The van der Waals surface area contributed by atoms with E-state index in [4.69, 9.17) is 9.52 Å². The number of hydrazone groups is 1. The summed E-state index contributed by atoms with van der Waals surface area (Å²) in [6.45, 7) is 0. The van der Waals surface area contributed by atoms with Gasteiger partial charge in [-0.25, -0.2) is 0 Å². The van der Waals surface area contributed by atoms with Crippen LogP contribution in [0.25, 0.3) is 35.1 Å². The number of anilines is 1. The first-order valence-corrected chi connectivity index (χ1v) is 14.5. The summed E-state index contributed by atoms with van der Waals surface area (Å²) in [6.07, 6.45) is 4.83. The minimum absolute atomic E-state index is 0.0129. The van der Waals surface area contributed by atoms with Crippen LogP contribution in [0.4, 0.5) is 11.4 Å². The normalized spacial score (nSPS) is 14.5. The molecule has 0 saturated carbocycles. The molecule has 0 fully saturated rings. The molecule has 1 aromatic heterocycles. The Kier molecular flexibility index (Phi) is 7.51. The molecule has 1 aliphatic heterocycles. The van der Waals surface area contributed by atoms with Crippen LogP contribution in [-0.2, 0) is 0 Å². The van der Waals surface area contributed by atoms with E-state index in [2.05, 4.69) is 58.7 Å². The molecule has 6 aromatic rings. The van der Waals surface area contributed by atoms with Gasteiger partial charge in [0.15, 0.2) is 0 Å². The topological polar surface area (TPSA) is 97.7 Å². The van der Waals surface area contributed by atoms with Gasteiger partial charge in [0.2, 0.25) is 11.8 Å². The molecule has 1 unspecified atom stereocenters. The number of rotatable bonds is 8. The lowest BCUT2D eigenvalue weighted by atomic mass is 9.98. The summed E-state index contributed by atoms with van der Waals surface area (Å²) < 4.78 is 5.88. The van der Waals surface area contributed by atoms with Crippen LogP contribution in [0.1, 0.15) is 34.7 Å². The van der Waals surface area contributed by atoms with Gasteiger partial charge in [0, 0.05) is 29.7 Å². The fourth-order valence-corrected chi connectivity index (χ4v) is 5.34. The van der Waals surface area contributed by atoms with Gasteiger partial charge >= 0.3 is 0 Å². The van der Waals surface area contributed by atoms with Gasteiger partial charge in [-0.15, -0.1) is 10.2 Å². The molecule has 218 valence electrons. The Morgan fingerprint density at radius 2 is 1.20 bits per heavy atom. The smallest absolute Gasteiger partial charge is 0.269 e. The van der Waals surface area contributed by atoms with E-state index in [1.54, 1.807) is 12.1 Å². The number of non-ortho nitro benzene ring substituents is 1. The molecule has 0 amide bonds. The Hall–Kier alpha value is -6.15. The Bertz CT molecular complexity index is 1980. The van der Waals surface area contributed by atoms with Gasteiger partial charge in [-0.2, -0.15) is 5.10 Å². The molecule has 45 heavy (non-hydrogen) atoms. The molecule has 8 nitrogen and oxygen atoms in total. The quantitative estimate of drug-likeness (QED) is 0.0999. The summed E-state index contributed by atoms with van der Waals surface area (Å²) in [5.41, 5.74) is 7.82. The molecule has 8 heteroatoms. The highest BCUT2D eigenvalue weighted by Crippen LogP contribution is 2.37. The van der Waals surface area contributed by atoms with Crippen LogP contribution in [0.3, 0.4) is 0 Å². The average molecular weight is 590 g/mol. The van der Waals surface area contributed by atoms with Crippen molar-refractivity contribution >= 4 is 29.2 Å². The maximum absolute atomic E-state index is 11.1. The summed E-state index contributed by atoms with van der Waals surface area (Å²) in [5, 5.41) is 26.5. The number of hydrogen-bond acceptors (Lipinski definition) is 7. The summed E-state index contributed by atoms with van der Waals surface area (Å²) in [6, 6.07) is 42.9. The third kappa shape index (κ3) is 6.03. The first kappa shape index (κ1) is 27.7. The zero-order valence-corrected chi connectivity index (χ0v) is 24.1. The van der Waals surface area contributed by atoms with Crippen molar-refractivity contribution in [2.24, 2.45) is 5.10 Å². The maximum atomic E-state index is 11.1. The van der Waals surface area contributed by atoms with Crippen molar-refractivity contribution in [3.05, 3.63) is 166 Å². The SMILES string of the molecule is O=[N+]([O-])c1ccc(C2=NN(c3ccc(/C=C/c4ccc(-c5nnc(-c6ccccc6)o5)cc4)cc3)C(c3ccccc3)C2)cc1. The lowest BCUT2D eigenvalue weighted by Gasteiger charge is -2.24. The van der Waals surface area contributed by atoms with E-state index in [-0.39, 0.29) is 16.7 Å². The van der Waals surface area contributed by atoms with Crippen LogP contribution >= 0.6 is 0 Å². The Balaban J connectivity index is 1.07. The van der Waals surface area contributed by atoms with E-state index in [0.717, 1.165) is 44.8 Å². The summed E-state index contributed by atoms with van der Waals surface area (Å²) in [5.74, 6) is 0.977. The predicted molar refractivity (Wildman–Crippen MR) is 176 cm³/mol. The highest BCUT2D eigenvalue weighted by Gasteiger charge is 2.30. The molecule has 0 spiro atoms. The molecule has 2 heterocycles. The second-order valence-corrected chi connectivity index (χ2v) is 10.7. The van der Waals surface area contributed by atoms with Gasteiger partial charge in [0.25, 0.3) is 5.69 Å². The van der Waals surface area contributed by atoms with Crippen molar-refractivity contribution < 1.29 is 9.34 Å². The van der Waals surface area contributed by atoms with Crippen LogP contribution in [-0.4, -0.2) is 20.8 Å². The van der Waals surface area contributed by atoms with Crippen molar-refractivity contribution in [3.63, 3.8) is 0 Å². The predicted octanol–water partition coefficient (Wildman–Crippen LogP) is 8.84. The van der Waals surface area contributed by atoms with Crippen molar-refractivity contribution in [1.82, 2.24) is 10.2 Å². The molecule has 1 atom stereocenters. The summed E-state index contributed by atoms with van der Waals surface area (Å²) in [4.78, 5) is 10.7. The third-order valence-electron chi connectivity index (χ3n) is 7.74. The third-order valence-corrected chi connectivity index (χ3v) is 7.74. The molecule has 5 aromatic carbocycles. The van der Waals surface area contributed by atoms with Gasteiger partial charge in [-0.05, 0) is 70.8 Å². The summed E-state index contributed by atoms with van der Waals surface area (Å²) in [7, 11) is 0. The largest absolute Gasteiger partial charge is 0.416 e. The number of nitrogens with zero attached hydrogens (tertiary/aromatic N) is 5. The first-order chi connectivity index (χ1) is 22.1. The fourth-order valence-electron chi connectivity index (χ4n) is 5.34. The van der Waals surface area contributed by atoms with Gasteiger partial charge in [-0.3, -0.25) is 15.1 Å². The molecule has 0 N–H and O–H groups in total. The minimum Gasteiger partial charge on any atom is -0.416 e. The Labute approximate surface area is 259 Å². The Morgan fingerprint density at radius 3 is 1.80 bits per heavy atom. The fraction of sp³-hybridized carbons (Fsp3) is 0.0541. The van der Waals surface area contributed by atoms with Crippen molar-refractivity contribution in [2.45, 2.75) is 12.5 Å². The van der Waals surface area contributed by atoms with Crippen molar-refractivity contribution in [3.8, 4) is 22.9 Å². The molecular weight excluding hydrogens is 562 g/mol.